The standard InChI is InChI=1S/C18H21NO2/c1-4-12(2)13-8-10-14(11-9-13)17(20)15-6-5-7-16(19)18(15)21-3/h5-12H,4,19H2,1-3H3. The minimum atomic E-state index is -0.0742. The van der Waals surface area contributed by atoms with Crippen molar-refractivity contribution in [2.24, 2.45) is 0 Å². The van der Waals surface area contributed by atoms with E-state index >= 15 is 0 Å². The number of nitrogens with two attached hydrogens (primary N) is 1. The van der Waals surface area contributed by atoms with E-state index in [4.69, 9.17) is 10.5 Å². The van der Waals surface area contributed by atoms with Crippen molar-refractivity contribution in [1.29, 1.82) is 0 Å². The number of carbonyl (C=O) groups is 1. The van der Waals surface area contributed by atoms with Crippen LogP contribution in [-0.2, 0) is 0 Å². The fraction of sp³-hybridized carbons (Fsp3) is 0.278. The molecule has 3 heteroatoms. The van der Waals surface area contributed by atoms with E-state index in [1.54, 1.807) is 18.2 Å². The fourth-order valence-corrected chi connectivity index (χ4v) is 2.32. The highest BCUT2D eigenvalue weighted by Gasteiger charge is 2.16. The zero-order valence-corrected chi connectivity index (χ0v) is 12.7. The Kier molecular flexibility index (Phi) is 4.63. The van der Waals surface area contributed by atoms with Crippen molar-refractivity contribution in [2.45, 2.75) is 26.2 Å². The maximum absolute atomic E-state index is 12.6. The quantitative estimate of drug-likeness (QED) is 0.666. The van der Waals surface area contributed by atoms with Crippen LogP contribution >= 0.6 is 0 Å². The number of rotatable bonds is 5. The minimum Gasteiger partial charge on any atom is -0.494 e. The van der Waals surface area contributed by atoms with Gasteiger partial charge in [-0.25, -0.2) is 0 Å². The molecule has 0 spiro atoms. The molecule has 2 rings (SSSR count). The van der Waals surface area contributed by atoms with Crippen LogP contribution in [0.3, 0.4) is 0 Å². The van der Waals surface area contributed by atoms with Gasteiger partial charge in [-0.2, -0.15) is 0 Å². The zero-order chi connectivity index (χ0) is 15.4. The smallest absolute Gasteiger partial charge is 0.196 e. The van der Waals surface area contributed by atoms with Crippen molar-refractivity contribution in [1.82, 2.24) is 0 Å². The average molecular weight is 283 g/mol. The molecule has 3 nitrogen and oxygen atoms in total. The summed E-state index contributed by atoms with van der Waals surface area (Å²) in [7, 11) is 1.52. The third-order valence-electron chi connectivity index (χ3n) is 3.85. The number of anilines is 1. The summed E-state index contributed by atoms with van der Waals surface area (Å²) in [5.74, 6) is 0.861. The largest absolute Gasteiger partial charge is 0.494 e. The zero-order valence-electron chi connectivity index (χ0n) is 12.7. The third-order valence-corrected chi connectivity index (χ3v) is 3.85. The van der Waals surface area contributed by atoms with Crippen molar-refractivity contribution < 1.29 is 9.53 Å². The summed E-state index contributed by atoms with van der Waals surface area (Å²) in [5.41, 5.74) is 8.71. The van der Waals surface area contributed by atoms with Crippen LogP contribution in [0.4, 0.5) is 5.69 Å². The Morgan fingerprint density at radius 3 is 2.43 bits per heavy atom. The normalized spacial score (nSPS) is 12.0. The topological polar surface area (TPSA) is 52.3 Å². The Morgan fingerprint density at radius 1 is 1.19 bits per heavy atom. The lowest BCUT2D eigenvalue weighted by atomic mass is 9.95. The first-order valence-corrected chi connectivity index (χ1v) is 7.15. The van der Waals surface area contributed by atoms with Crippen molar-refractivity contribution >= 4 is 11.5 Å². The number of benzene rings is 2. The molecule has 0 fully saturated rings. The van der Waals surface area contributed by atoms with Gasteiger partial charge in [0.25, 0.3) is 0 Å². The number of carbonyl (C=O) groups excluding carboxylic acids is 1. The SMILES string of the molecule is CCC(C)c1ccc(C(=O)c2cccc(N)c2OC)cc1. The summed E-state index contributed by atoms with van der Waals surface area (Å²) in [6, 6.07) is 13.0. The molecular weight excluding hydrogens is 262 g/mol. The maximum Gasteiger partial charge on any atom is 0.196 e. The Morgan fingerprint density at radius 2 is 1.86 bits per heavy atom. The average Bonchev–Trinajstić information content (AvgIpc) is 2.53. The second-order valence-corrected chi connectivity index (χ2v) is 5.19. The van der Waals surface area contributed by atoms with Crippen molar-refractivity contribution in [3.63, 3.8) is 0 Å². The van der Waals surface area contributed by atoms with Gasteiger partial charge in [-0.05, 0) is 30.0 Å². The summed E-state index contributed by atoms with van der Waals surface area (Å²) >= 11 is 0. The van der Waals surface area contributed by atoms with Crippen LogP contribution in [0.2, 0.25) is 0 Å². The molecule has 0 aliphatic rings. The molecule has 1 unspecified atom stereocenters. The predicted molar refractivity (Wildman–Crippen MR) is 86.0 cm³/mol. The molecular formula is C18H21NO2. The van der Waals surface area contributed by atoms with Crippen LogP contribution in [0.25, 0.3) is 0 Å². The Bertz CT molecular complexity index is 632. The third kappa shape index (κ3) is 3.07. The molecule has 0 aromatic heterocycles. The molecule has 0 aliphatic heterocycles. The van der Waals surface area contributed by atoms with E-state index in [-0.39, 0.29) is 5.78 Å². The molecule has 0 saturated carbocycles. The fourth-order valence-electron chi connectivity index (χ4n) is 2.32. The predicted octanol–water partition coefficient (Wildman–Crippen LogP) is 4.02. The number of ketones is 1. The van der Waals surface area contributed by atoms with Gasteiger partial charge in [0.05, 0.1) is 18.4 Å². The highest BCUT2D eigenvalue weighted by molar-refractivity contribution is 6.11. The monoisotopic (exact) mass is 283 g/mol. The van der Waals surface area contributed by atoms with Gasteiger partial charge < -0.3 is 10.5 Å². The molecule has 0 aliphatic carbocycles. The maximum atomic E-state index is 12.6. The highest BCUT2D eigenvalue weighted by Crippen LogP contribution is 2.28. The molecule has 0 bridgehead atoms. The number of nitrogen functional groups attached to an aromatic ring is 1. The summed E-state index contributed by atoms with van der Waals surface area (Å²) in [4.78, 5) is 12.6. The van der Waals surface area contributed by atoms with Crippen LogP contribution in [0.1, 0.15) is 47.7 Å². The van der Waals surface area contributed by atoms with Crippen molar-refractivity contribution in [2.75, 3.05) is 12.8 Å². The molecule has 1 atom stereocenters. The van der Waals surface area contributed by atoms with Crippen LogP contribution < -0.4 is 10.5 Å². The Balaban J connectivity index is 2.35. The summed E-state index contributed by atoms with van der Waals surface area (Å²) in [6.45, 7) is 4.33. The van der Waals surface area contributed by atoms with Gasteiger partial charge in [0.1, 0.15) is 0 Å². The van der Waals surface area contributed by atoms with E-state index in [2.05, 4.69) is 13.8 Å². The van der Waals surface area contributed by atoms with Gasteiger partial charge in [-0.15, -0.1) is 0 Å². The molecule has 110 valence electrons. The lowest BCUT2D eigenvalue weighted by Crippen LogP contribution is -2.06. The highest BCUT2D eigenvalue weighted by atomic mass is 16.5. The first-order chi connectivity index (χ1) is 10.1. The van der Waals surface area contributed by atoms with Gasteiger partial charge in [0.15, 0.2) is 11.5 Å². The molecule has 0 amide bonds. The van der Waals surface area contributed by atoms with E-state index in [1.165, 1.54) is 12.7 Å². The summed E-state index contributed by atoms with van der Waals surface area (Å²) < 4.78 is 5.25. The Hall–Kier alpha value is -2.29. The number of para-hydroxylation sites is 1. The van der Waals surface area contributed by atoms with Gasteiger partial charge in [-0.1, -0.05) is 44.2 Å². The van der Waals surface area contributed by atoms with Crippen molar-refractivity contribution in [3.8, 4) is 5.75 Å². The minimum absolute atomic E-state index is 0.0742. The van der Waals surface area contributed by atoms with E-state index in [1.807, 2.05) is 24.3 Å². The lowest BCUT2D eigenvalue weighted by Gasteiger charge is -2.12. The van der Waals surface area contributed by atoms with E-state index < -0.39 is 0 Å². The molecule has 2 N–H and O–H groups in total. The van der Waals surface area contributed by atoms with Gasteiger partial charge in [0.2, 0.25) is 0 Å². The molecule has 2 aromatic rings. The number of methoxy groups -OCH3 is 1. The van der Waals surface area contributed by atoms with Crippen molar-refractivity contribution in [3.05, 3.63) is 59.2 Å². The number of hydrogen-bond acceptors (Lipinski definition) is 3. The summed E-state index contributed by atoms with van der Waals surface area (Å²) in [6.07, 6.45) is 1.08. The molecule has 21 heavy (non-hydrogen) atoms. The van der Waals surface area contributed by atoms with Gasteiger partial charge in [-0.3, -0.25) is 4.79 Å². The first kappa shape index (κ1) is 15.1. The van der Waals surface area contributed by atoms with E-state index in [0.717, 1.165) is 6.42 Å². The van der Waals surface area contributed by atoms with Crippen LogP contribution in [0.5, 0.6) is 5.75 Å². The molecule has 0 radical (unpaired) electrons. The van der Waals surface area contributed by atoms with Crippen LogP contribution in [-0.4, -0.2) is 12.9 Å². The Labute approximate surface area is 125 Å². The number of ether oxygens (including phenoxy) is 1. The van der Waals surface area contributed by atoms with Gasteiger partial charge >= 0.3 is 0 Å². The first-order valence-electron chi connectivity index (χ1n) is 7.15. The second-order valence-electron chi connectivity index (χ2n) is 5.19. The summed E-state index contributed by atoms with van der Waals surface area (Å²) in [5, 5.41) is 0. The number of hydrogen-bond donors (Lipinski definition) is 1. The molecule has 0 heterocycles. The molecule has 2 aromatic carbocycles. The van der Waals surface area contributed by atoms with Crippen LogP contribution in [0, 0.1) is 0 Å². The van der Waals surface area contributed by atoms with Crippen LogP contribution in [0.15, 0.2) is 42.5 Å². The second kappa shape index (κ2) is 6.44. The lowest BCUT2D eigenvalue weighted by molar-refractivity contribution is 0.103. The van der Waals surface area contributed by atoms with Gasteiger partial charge in [0, 0.05) is 5.56 Å². The molecule has 0 saturated heterocycles. The van der Waals surface area contributed by atoms with E-state index in [9.17, 15) is 4.79 Å². The van der Waals surface area contributed by atoms with E-state index in [0.29, 0.717) is 28.5 Å².